The van der Waals surface area contributed by atoms with Gasteiger partial charge >= 0.3 is 6.18 Å². The van der Waals surface area contributed by atoms with Crippen LogP contribution in [0.2, 0.25) is 0 Å². The number of amidine groups is 1. The molecule has 0 saturated heterocycles. The molecule has 1 aromatic carbocycles. The van der Waals surface area contributed by atoms with Gasteiger partial charge in [0, 0.05) is 5.69 Å². The molecule has 0 spiro atoms. The van der Waals surface area contributed by atoms with Gasteiger partial charge in [-0.15, -0.1) is 0 Å². The van der Waals surface area contributed by atoms with Crippen LogP contribution in [0.3, 0.4) is 0 Å². The SMILES string of the molecule is Cc1ccc(C(=N)N)c(Oc2ccccc2C(F)(F)F)n1. The first-order valence-electron chi connectivity index (χ1n) is 5.95. The van der Waals surface area contributed by atoms with E-state index in [4.69, 9.17) is 15.9 Å². The minimum absolute atomic E-state index is 0.126. The largest absolute Gasteiger partial charge is 0.438 e. The number of hydrogen-bond acceptors (Lipinski definition) is 3. The second-order valence-electron chi connectivity index (χ2n) is 4.32. The van der Waals surface area contributed by atoms with E-state index in [1.54, 1.807) is 13.0 Å². The first-order chi connectivity index (χ1) is 9.79. The number of nitrogens with one attached hydrogen (secondary N) is 1. The van der Waals surface area contributed by atoms with Crippen molar-refractivity contribution in [2.75, 3.05) is 0 Å². The highest BCUT2D eigenvalue weighted by Crippen LogP contribution is 2.38. The molecule has 21 heavy (non-hydrogen) atoms. The molecule has 4 nitrogen and oxygen atoms in total. The number of nitrogens with zero attached hydrogens (tertiary/aromatic N) is 1. The van der Waals surface area contributed by atoms with Crippen molar-refractivity contribution in [1.29, 1.82) is 5.41 Å². The average Bonchev–Trinajstić information content (AvgIpc) is 2.37. The van der Waals surface area contributed by atoms with Gasteiger partial charge in [0.2, 0.25) is 5.88 Å². The third kappa shape index (κ3) is 3.31. The normalized spacial score (nSPS) is 11.2. The Labute approximate surface area is 118 Å². The second-order valence-corrected chi connectivity index (χ2v) is 4.32. The quantitative estimate of drug-likeness (QED) is 0.672. The fourth-order valence-corrected chi connectivity index (χ4v) is 1.71. The van der Waals surface area contributed by atoms with E-state index in [2.05, 4.69) is 4.98 Å². The summed E-state index contributed by atoms with van der Waals surface area (Å²) in [7, 11) is 0. The maximum atomic E-state index is 12.9. The highest BCUT2D eigenvalue weighted by molar-refractivity contribution is 5.97. The van der Waals surface area contributed by atoms with Crippen LogP contribution < -0.4 is 10.5 Å². The zero-order chi connectivity index (χ0) is 15.6. The van der Waals surface area contributed by atoms with Crippen LogP contribution >= 0.6 is 0 Å². The molecule has 1 heterocycles. The van der Waals surface area contributed by atoms with Gasteiger partial charge in [0.05, 0.1) is 11.1 Å². The molecule has 0 saturated carbocycles. The molecule has 0 unspecified atom stereocenters. The Hall–Kier alpha value is -2.57. The summed E-state index contributed by atoms with van der Waals surface area (Å²) in [6.07, 6.45) is -4.54. The number of ether oxygens (including phenoxy) is 1. The van der Waals surface area contributed by atoms with Crippen LogP contribution in [0.4, 0.5) is 13.2 Å². The van der Waals surface area contributed by atoms with Crippen molar-refractivity contribution in [2.45, 2.75) is 13.1 Å². The Morgan fingerprint density at radius 3 is 2.48 bits per heavy atom. The molecule has 0 aliphatic carbocycles. The number of hydrogen-bond donors (Lipinski definition) is 2. The Bertz CT molecular complexity index is 683. The fourth-order valence-electron chi connectivity index (χ4n) is 1.71. The van der Waals surface area contributed by atoms with Crippen LogP contribution in [-0.2, 0) is 6.18 Å². The molecule has 0 amide bonds. The number of alkyl halides is 3. The molecular formula is C14H12F3N3O. The Kier molecular flexibility index (Phi) is 3.84. The maximum absolute atomic E-state index is 12.9. The number of nitrogens with two attached hydrogens (primary N) is 1. The van der Waals surface area contributed by atoms with Crippen LogP contribution in [-0.4, -0.2) is 10.8 Å². The van der Waals surface area contributed by atoms with Crippen LogP contribution in [0.15, 0.2) is 36.4 Å². The average molecular weight is 295 g/mol. The molecule has 0 aliphatic heterocycles. The summed E-state index contributed by atoms with van der Waals surface area (Å²) < 4.78 is 44.0. The summed E-state index contributed by atoms with van der Waals surface area (Å²) >= 11 is 0. The molecule has 0 fully saturated rings. The van der Waals surface area contributed by atoms with Crippen LogP contribution in [0.5, 0.6) is 11.6 Å². The standard InChI is InChI=1S/C14H12F3N3O/c1-8-6-7-9(12(18)19)13(20-8)21-11-5-3-2-4-10(11)14(15,16)17/h2-7H,1H3,(H3,18,19). The lowest BCUT2D eigenvalue weighted by molar-refractivity contribution is -0.138. The first kappa shape index (κ1) is 14.8. The topological polar surface area (TPSA) is 72.0 Å². The fraction of sp³-hybridized carbons (Fsp3) is 0.143. The van der Waals surface area contributed by atoms with Gasteiger partial charge in [0.15, 0.2) is 0 Å². The predicted octanol–water partition coefficient (Wildman–Crippen LogP) is 3.49. The lowest BCUT2D eigenvalue weighted by Crippen LogP contribution is -2.14. The molecule has 0 radical (unpaired) electrons. The lowest BCUT2D eigenvalue weighted by Gasteiger charge is -2.14. The van der Waals surface area contributed by atoms with Gasteiger partial charge in [-0.2, -0.15) is 13.2 Å². The number of aromatic nitrogens is 1. The number of halogens is 3. The zero-order valence-electron chi connectivity index (χ0n) is 11.0. The molecule has 3 N–H and O–H groups in total. The van der Waals surface area contributed by atoms with Gasteiger partial charge in [-0.25, -0.2) is 4.98 Å². The van der Waals surface area contributed by atoms with E-state index >= 15 is 0 Å². The molecule has 2 rings (SSSR count). The van der Waals surface area contributed by atoms with Crippen molar-refractivity contribution in [3.8, 4) is 11.6 Å². The van der Waals surface area contributed by atoms with Crippen LogP contribution in [0, 0.1) is 12.3 Å². The Morgan fingerprint density at radius 2 is 1.86 bits per heavy atom. The van der Waals surface area contributed by atoms with Gasteiger partial charge in [-0.1, -0.05) is 12.1 Å². The Balaban J connectivity index is 2.49. The Morgan fingerprint density at radius 1 is 1.19 bits per heavy atom. The number of nitrogen functional groups attached to an aromatic ring is 1. The highest BCUT2D eigenvalue weighted by Gasteiger charge is 2.34. The summed E-state index contributed by atoms with van der Waals surface area (Å²) in [5.41, 5.74) is 5.15. The number of pyridine rings is 1. The van der Waals surface area contributed by atoms with Gasteiger partial charge < -0.3 is 10.5 Å². The molecule has 2 aromatic rings. The summed E-state index contributed by atoms with van der Waals surface area (Å²) in [4.78, 5) is 4.00. The number of benzene rings is 1. The van der Waals surface area contributed by atoms with Gasteiger partial charge in [-0.05, 0) is 31.2 Å². The molecule has 110 valence electrons. The van der Waals surface area contributed by atoms with Gasteiger partial charge in [-0.3, -0.25) is 5.41 Å². The third-order valence-corrected chi connectivity index (χ3v) is 2.69. The minimum Gasteiger partial charge on any atom is -0.438 e. The van der Waals surface area contributed by atoms with E-state index in [-0.39, 0.29) is 23.0 Å². The summed E-state index contributed by atoms with van der Waals surface area (Å²) in [6, 6.07) is 7.88. The van der Waals surface area contributed by atoms with E-state index in [1.165, 1.54) is 24.3 Å². The predicted molar refractivity (Wildman–Crippen MR) is 71.5 cm³/mol. The van der Waals surface area contributed by atoms with Gasteiger partial charge in [0.25, 0.3) is 0 Å². The monoisotopic (exact) mass is 295 g/mol. The molecule has 0 bridgehead atoms. The van der Waals surface area contributed by atoms with E-state index < -0.39 is 11.7 Å². The van der Waals surface area contributed by atoms with Crippen molar-refractivity contribution < 1.29 is 17.9 Å². The van der Waals surface area contributed by atoms with Crippen molar-refractivity contribution in [1.82, 2.24) is 4.98 Å². The van der Waals surface area contributed by atoms with E-state index in [9.17, 15) is 13.2 Å². The third-order valence-electron chi connectivity index (χ3n) is 2.69. The number of para-hydroxylation sites is 1. The van der Waals surface area contributed by atoms with E-state index in [1.807, 2.05) is 0 Å². The molecule has 1 aromatic heterocycles. The minimum atomic E-state index is -4.54. The summed E-state index contributed by atoms with van der Waals surface area (Å²) in [5, 5.41) is 7.42. The van der Waals surface area contributed by atoms with Crippen molar-refractivity contribution in [3.63, 3.8) is 0 Å². The molecule has 0 aliphatic rings. The maximum Gasteiger partial charge on any atom is 0.419 e. The molecule has 0 atom stereocenters. The van der Waals surface area contributed by atoms with Crippen molar-refractivity contribution in [2.24, 2.45) is 5.73 Å². The molecular weight excluding hydrogens is 283 g/mol. The van der Waals surface area contributed by atoms with E-state index in [0.717, 1.165) is 6.07 Å². The summed E-state index contributed by atoms with van der Waals surface area (Å²) in [5.74, 6) is -0.841. The molecule has 7 heteroatoms. The van der Waals surface area contributed by atoms with Crippen LogP contribution in [0.1, 0.15) is 16.8 Å². The van der Waals surface area contributed by atoms with E-state index in [0.29, 0.717) is 5.69 Å². The zero-order valence-corrected chi connectivity index (χ0v) is 11.0. The summed E-state index contributed by atoms with van der Waals surface area (Å²) in [6.45, 7) is 1.66. The first-order valence-corrected chi connectivity index (χ1v) is 5.95. The van der Waals surface area contributed by atoms with Crippen molar-refractivity contribution >= 4 is 5.84 Å². The number of aryl methyl sites for hydroxylation is 1. The smallest absolute Gasteiger partial charge is 0.419 e. The van der Waals surface area contributed by atoms with Gasteiger partial charge in [0.1, 0.15) is 11.6 Å². The van der Waals surface area contributed by atoms with Crippen LogP contribution in [0.25, 0.3) is 0 Å². The lowest BCUT2D eigenvalue weighted by atomic mass is 10.2. The highest BCUT2D eigenvalue weighted by atomic mass is 19.4. The second kappa shape index (κ2) is 5.43. The van der Waals surface area contributed by atoms with Crippen molar-refractivity contribution in [3.05, 3.63) is 53.2 Å². The number of rotatable bonds is 3.